The van der Waals surface area contributed by atoms with Crippen LogP contribution in [-0.2, 0) is 12.8 Å². The van der Waals surface area contributed by atoms with Crippen molar-refractivity contribution in [3.05, 3.63) is 65.2 Å². The molecule has 2 aromatic carbocycles. The molecule has 0 atom stereocenters. The minimum Gasteiger partial charge on any atom is -0.497 e. The van der Waals surface area contributed by atoms with Crippen molar-refractivity contribution in [3.8, 4) is 5.75 Å². The van der Waals surface area contributed by atoms with Crippen molar-refractivity contribution in [2.45, 2.75) is 12.8 Å². The van der Waals surface area contributed by atoms with Crippen LogP contribution in [0.25, 0.3) is 0 Å². The highest BCUT2D eigenvalue weighted by Crippen LogP contribution is 2.15. The Morgan fingerprint density at radius 1 is 1.05 bits per heavy atom. The summed E-state index contributed by atoms with van der Waals surface area (Å²) in [5.41, 5.74) is 8.71. The average molecular weight is 254 g/mol. The maximum absolute atomic E-state index is 7.44. The van der Waals surface area contributed by atoms with Crippen LogP contribution in [0.2, 0.25) is 0 Å². The van der Waals surface area contributed by atoms with E-state index in [1.54, 1.807) is 7.11 Å². The Bertz CT molecular complexity index is 578. The molecule has 0 aliphatic heterocycles. The van der Waals surface area contributed by atoms with E-state index in [2.05, 4.69) is 18.2 Å². The van der Waals surface area contributed by atoms with Crippen LogP contribution in [0.4, 0.5) is 0 Å². The first-order chi connectivity index (χ1) is 9.19. The molecule has 0 bridgehead atoms. The molecular weight excluding hydrogens is 236 g/mol. The van der Waals surface area contributed by atoms with E-state index in [0.29, 0.717) is 0 Å². The number of methoxy groups -OCH3 is 1. The molecule has 3 nitrogen and oxygen atoms in total. The lowest BCUT2D eigenvalue weighted by molar-refractivity contribution is 0.414. The van der Waals surface area contributed by atoms with Crippen molar-refractivity contribution in [1.29, 1.82) is 5.41 Å². The third kappa shape index (κ3) is 3.58. The minimum absolute atomic E-state index is 0.114. The van der Waals surface area contributed by atoms with Gasteiger partial charge >= 0.3 is 0 Å². The van der Waals surface area contributed by atoms with Crippen molar-refractivity contribution in [2.75, 3.05) is 7.11 Å². The van der Waals surface area contributed by atoms with Gasteiger partial charge in [-0.05, 0) is 42.2 Å². The summed E-state index contributed by atoms with van der Waals surface area (Å²) in [6, 6.07) is 15.9. The Hall–Kier alpha value is -2.29. The van der Waals surface area contributed by atoms with Gasteiger partial charge in [0.25, 0.3) is 0 Å². The van der Waals surface area contributed by atoms with Crippen LogP contribution in [0.5, 0.6) is 5.75 Å². The number of nitrogens with one attached hydrogen (secondary N) is 1. The molecule has 0 amide bonds. The van der Waals surface area contributed by atoms with E-state index in [1.807, 2.05) is 30.3 Å². The fraction of sp³-hybridized carbons (Fsp3) is 0.188. The van der Waals surface area contributed by atoms with Crippen LogP contribution in [0.1, 0.15) is 16.7 Å². The second-order valence-electron chi connectivity index (χ2n) is 4.47. The van der Waals surface area contributed by atoms with Crippen molar-refractivity contribution >= 4 is 5.84 Å². The molecule has 0 saturated heterocycles. The SMILES string of the molecule is COc1cccc(CCc2cccc(C(=N)N)c2)c1. The Balaban J connectivity index is 2.05. The number of nitrogen functional groups attached to an aromatic ring is 1. The predicted octanol–water partition coefficient (Wildman–Crippen LogP) is 2.76. The summed E-state index contributed by atoms with van der Waals surface area (Å²) in [5.74, 6) is 0.998. The van der Waals surface area contributed by atoms with Gasteiger partial charge in [-0.15, -0.1) is 0 Å². The number of rotatable bonds is 5. The van der Waals surface area contributed by atoms with Gasteiger partial charge in [0.05, 0.1) is 7.11 Å². The van der Waals surface area contributed by atoms with Crippen molar-refractivity contribution in [3.63, 3.8) is 0 Å². The van der Waals surface area contributed by atoms with Gasteiger partial charge < -0.3 is 10.5 Å². The minimum atomic E-state index is 0.114. The largest absolute Gasteiger partial charge is 0.497 e. The summed E-state index contributed by atoms with van der Waals surface area (Å²) < 4.78 is 5.21. The molecule has 0 aromatic heterocycles. The number of amidine groups is 1. The van der Waals surface area contributed by atoms with Gasteiger partial charge in [0.15, 0.2) is 0 Å². The van der Waals surface area contributed by atoms with E-state index in [-0.39, 0.29) is 5.84 Å². The zero-order chi connectivity index (χ0) is 13.7. The van der Waals surface area contributed by atoms with Gasteiger partial charge in [0.1, 0.15) is 11.6 Å². The van der Waals surface area contributed by atoms with E-state index < -0.39 is 0 Å². The molecule has 3 N–H and O–H groups in total. The quantitative estimate of drug-likeness (QED) is 0.636. The lowest BCUT2D eigenvalue weighted by Gasteiger charge is -2.06. The van der Waals surface area contributed by atoms with E-state index in [1.165, 1.54) is 11.1 Å². The number of benzene rings is 2. The molecule has 98 valence electrons. The fourth-order valence-electron chi connectivity index (χ4n) is 2.01. The number of nitrogens with two attached hydrogens (primary N) is 1. The van der Waals surface area contributed by atoms with Crippen LogP contribution in [0.15, 0.2) is 48.5 Å². The zero-order valence-corrected chi connectivity index (χ0v) is 11.0. The first kappa shape index (κ1) is 13.1. The molecule has 0 aliphatic carbocycles. The summed E-state index contributed by atoms with van der Waals surface area (Å²) in [6.45, 7) is 0. The second-order valence-corrected chi connectivity index (χ2v) is 4.47. The molecule has 2 aromatic rings. The zero-order valence-electron chi connectivity index (χ0n) is 11.0. The summed E-state index contributed by atoms with van der Waals surface area (Å²) in [6.07, 6.45) is 1.87. The monoisotopic (exact) mass is 254 g/mol. The number of aryl methyl sites for hydroxylation is 2. The van der Waals surface area contributed by atoms with E-state index in [0.717, 1.165) is 24.2 Å². The van der Waals surface area contributed by atoms with E-state index >= 15 is 0 Å². The second kappa shape index (κ2) is 6.05. The highest BCUT2D eigenvalue weighted by molar-refractivity contribution is 5.95. The molecule has 2 rings (SSSR count). The van der Waals surface area contributed by atoms with Gasteiger partial charge in [-0.1, -0.05) is 30.3 Å². The fourth-order valence-corrected chi connectivity index (χ4v) is 2.01. The van der Waals surface area contributed by atoms with Crippen molar-refractivity contribution in [1.82, 2.24) is 0 Å². The van der Waals surface area contributed by atoms with Crippen LogP contribution in [0, 0.1) is 5.41 Å². The van der Waals surface area contributed by atoms with E-state index in [4.69, 9.17) is 15.9 Å². The Kier molecular flexibility index (Phi) is 4.18. The van der Waals surface area contributed by atoms with Crippen molar-refractivity contribution in [2.24, 2.45) is 5.73 Å². The van der Waals surface area contributed by atoms with Crippen molar-refractivity contribution < 1.29 is 4.74 Å². The molecule has 0 unspecified atom stereocenters. The molecule has 19 heavy (non-hydrogen) atoms. The summed E-state index contributed by atoms with van der Waals surface area (Å²) in [4.78, 5) is 0. The Labute approximate surface area is 113 Å². The van der Waals surface area contributed by atoms with E-state index in [9.17, 15) is 0 Å². The highest BCUT2D eigenvalue weighted by Gasteiger charge is 2.01. The maximum Gasteiger partial charge on any atom is 0.122 e. The smallest absolute Gasteiger partial charge is 0.122 e. The number of ether oxygens (including phenoxy) is 1. The standard InChI is InChI=1S/C16H18N2O/c1-19-15-7-3-5-13(11-15)9-8-12-4-2-6-14(10-12)16(17)18/h2-7,10-11H,8-9H2,1H3,(H3,17,18). The molecular formula is C16H18N2O. The first-order valence-corrected chi connectivity index (χ1v) is 6.25. The summed E-state index contributed by atoms with van der Waals surface area (Å²) in [5, 5.41) is 7.44. The van der Waals surface area contributed by atoms with Crippen LogP contribution >= 0.6 is 0 Å². The molecule has 0 spiro atoms. The third-order valence-corrected chi connectivity index (χ3v) is 3.07. The normalized spacial score (nSPS) is 10.2. The summed E-state index contributed by atoms with van der Waals surface area (Å²) in [7, 11) is 1.68. The maximum atomic E-state index is 7.44. The average Bonchev–Trinajstić information content (AvgIpc) is 2.45. The Morgan fingerprint density at radius 3 is 2.32 bits per heavy atom. The lowest BCUT2D eigenvalue weighted by atomic mass is 10.0. The predicted molar refractivity (Wildman–Crippen MR) is 77.9 cm³/mol. The molecule has 0 radical (unpaired) electrons. The summed E-state index contributed by atoms with van der Waals surface area (Å²) >= 11 is 0. The third-order valence-electron chi connectivity index (χ3n) is 3.07. The van der Waals surface area contributed by atoms with Gasteiger partial charge in [-0.25, -0.2) is 0 Å². The number of hydrogen-bond donors (Lipinski definition) is 2. The highest BCUT2D eigenvalue weighted by atomic mass is 16.5. The number of hydrogen-bond acceptors (Lipinski definition) is 2. The molecule has 0 aliphatic rings. The lowest BCUT2D eigenvalue weighted by Crippen LogP contribution is -2.11. The molecule has 0 fully saturated rings. The van der Waals surface area contributed by atoms with Gasteiger partial charge in [-0.2, -0.15) is 0 Å². The molecule has 0 heterocycles. The topological polar surface area (TPSA) is 59.1 Å². The van der Waals surface area contributed by atoms with Crippen LogP contribution in [-0.4, -0.2) is 12.9 Å². The molecule has 3 heteroatoms. The van der Waals surface area contributed by atoms with Gasteiger partial charge in [-0.3, -0.25) is 5.41 Å². The van der Waals surface area contributed by atoms with Crippen LogP contribution in [0.3, 0.4) is 0 Å². The molecule has 0 saturated carbocycles. The van der Waals surface area contributed by atoms with Crippen LogP contribution < -0.4 is 10.5 Å². The Morgan fingerprint density at radius 2 is 1.68 bits per heavy atom. The van der Waals surface area contributed by atoms with Gasteiger partial charge in [0, 0.05) is 5.56 Å². The first-order valence-electron chi connectivity index (χ1n) is 6.25. The van der Waals surface area contributed by atoms with Gasteiger partial charge in [0.2, 0.25) is 0 Å².